The predicted molar refractivity (Wildman–Crippen MR) is 113 cm³/mol. The smallest absolute Gasteiger partial charge is 0.203 e. The molecule has 0 radical (unpaired) electrons. The van der Waals surface area contributed by atoms with E-state index in [9.17, 15) is 4.79 Å². The van der Waals surface area contributed by atoms with Crippen LogP contribution in [0.1, 0.15) is 35.3 Å². The minimum atomic E-state index is -0.0281. The highest BCUT2D eigenvalue weighted by Crippen LogP contribution is 2.40. The van der Waals surface area contributed by atoms with Gasteiger partial charge in [0.15, 0.2) is 28.8 Å². The van der Waals surface area contributed by atoms with Gasteiger partial charge in [0.2, 0.25) is 5.75 Å². The van der Waals surface area contributed by atoms with E-state index < -0.39 is 0 Å². The van der Waals surface area contributed by atoms with Crippen molar-refractivity contribution in [2.75, 3.05) is 35.5 Å². The van der Waals surface area contributed by atoms with E-state index in [4.69, 9.17) is 23.7 Å². The van der Waals surface area contributed by atoms with Crippen molar-refractivity contribution in [1.29, 1.82) is 0 Å². The second-order valence-electron chi connectivity index (χ2n) is 6.00. The lowest BCUT2D eigenvalue weighted by Crippen LogP contribution is -1.98. The van der Waals surface area contributed by atoms with Gasteiger partial charge < -0.3 is 23.7 Å². The van der Waals surface area contributed by atoms with Crippen LogP contribution in [0.3, 0.4) is 0 Å². The lowest BCUT2D eigenvalue weighted by molar-refractivity contribution is 0.104. The van der Waals surface area contributed by atoms with E-state index in [1.807, 2.05) is 38.1 Å². The fraction of sp³-hybridized carbons (Fsp3) is 0.348. The zero-order valence-electron chi connectivity index (χ0n) is 18.0. The molecule has 3 rings (SSSR count). The number of Topliss-reactive ketones (excluding diaryl/α,β-unsaturated/α-hetero) is 1. The lowest BCUT2D eigenvalue weighted by Gasteiger charge is -2.13. The number of rotatable bonds is 6. The van der Waals surface area contributed by atoms with Gasteiger partial charge in [0, 0.05) is 17.6 Å². The van der Waals surface area contributed by atoms with Crippen molar-refractivity contribution in [3.8, 4) is 28.7 Å². The van der Waals surface area contributed by atoms with Crippen molar-refractivity contribution in [1.82, 2.24) is 0 Å². The van der Waals surface area contributed by atoms with Gasteiger partial charge in [-0.2, -0.15) is 0 Å². The summed E-state index contributed by atoms with van der Waals surface area (Å²) >= 11 is 0. The number of hydrogen-bond donors (Lipinski definition) is 0. The molecule has 1 aliphatic carbocycles. The molecule has 0 heterocycles. The molecule has 29 heavy (non-hydrogen) atoms. The molecular formula is C23H28O6. The zero-order valence-corrected chi connectivity index (χ0v) is 18.0. The number of allylic oxidation sites excluding steroid dienone is 1. The molecule has 0 saturated carbocycles. The minimum Gasteiger partial charge on any atom is -0.493 e. The van der Waals surface area contributed by atoms with Crippen LogP contribution < -0.4 is 23.7 Å². The summed E-state index contributed by atoms with van der Waals surface area (Å²) in [6.45, 7) is 4.00. The lowest BCUT2D eigenvalue weighted by atomic mass is 10.1. The summed E-state index contributed by atoms with van der Waals surface area (Å²) in [5.74, 6) is 2.71. The van der Waals surface area contributed by atoms with E-state index in [1.165, 1.54) is 0 Å². The van der Waals surface area contributed by atoms with E-state index in [0.29, 0.717) is 46.3 Å². The Labute approximate surface area is 172 Å². The summed E-state index contributed by atoms with van der Waals surface area (Å²) in [6.07, 6.45) is 2.36. The number of ether oxygens (including phenoxy) is 5. The molecule has 6 heteroatoms. The first-order valence-electron chi connectivity index (χ1n) is 9.36. The maximum Gasteiger partial charge on any atom is 0.203 e. The predicted octanol–water partition coefficient (Wildman–Crippen LogP) is 4.58. The maximum absolute atomic E-state index is 12.8. The second kappa shape index (κ2) is 9.87. The Kier molecular flexibility index (Phi) is 7.53. The molecule has 2 aromatic rings. The van der Waals surface area contributed by atoms with Gasteiger partial charge in [-0.3, -0.25) is 4.79 Å². The number of carbonyl (C=O) groups is 1. The quantitative estimate of drug-likeness (QED) is 0.662. The molecule has 0 fully saturated rings. The minimum absolute atomic E-state index is 0.0281. The van der Waals surface area contributed by atoms with Crippen LogP contribution >= 0.6 is 0 Å². The average molecular weight is 400 g/mol. The normalized spacial score (nSPS) is 13.3. The Morgan fingerprint density at radius 3 is 1.72 bits per heavy atom. The highest BCUT2D eigenvalue weighted by molar-refractivity contribution is 6.16. The van der Waals surface area contributed by atoms with E-state index >= 15 is 0 Å². The monoisotopic (exact) mass is 400 g/mol. The molecule has 0 amide bonds. The molecule has 156 valence electrons. The second-order valence-corrected chi connectivity index (χ2v) is 6.00. The summed E-state index contributed by atoms with van der Waals surface area (Å²) in [4.78, 5) is 12.8. The Bertz CT molecular complexity index is 889. The molecule has 2 aromatic carbocycles. The van der Waals surface area contributed by atoms with Crippen molar-refractivity contribution in [2.24, 2.45) is 0 Å². The number of fused-ring (bicyclic) bond motifs is 1. The van der Waals surface area contributed by atoms with Crippen molar-refractivity contribution in [3.63, 3.8) is 0 Å². The van der Waals surface area contributed by atoms with Crippen molar-refractivity contribution in [2.45, 2.75) is 20.3 Å². The average Bonchev–Trinajstić information content (AvgIpc) is 3.07. The first-order chi connectivity index (χ1) is 14.1. The molecule has 1 aliphatic rings. The van der Waals surface area contributed by atoms with Gasteiger partial charge in [0.25, 0.3) is 0 Å². The molecule has 0 unspecified atom stereocenters. The summed E-state index contributed by atoms with van der Waals surface area (Å²) in [5, 5.41) is 0. The number of ketones is 1. The fourth-order valence-electron chi connectivity index (χ4n) is 3.24. The number of benzene rings is 2. The van der Waals surface area contributed by atoms with Crippen LogP contribution in [0.5, 0.6) is 28.7 Å². The number of carbonyl (C=O) groups excluding carboxylic acids is 1. The Morgan fingerprint density at radius 2 is 1.24 bits per heavy atom. The van der Waals surface area contributed by atoms with E-state index in [1.54, 1.807) is 41.6 Å². The summed E-state index contributed by atoms with van der Waals surface area (Å²) in [7, 11) is 7.80. The largest absolute Gasteiger partial charge is 0.493 e. The van der Waals surface area contributed by atoms with Gasteiger partial charge in [0.1, 0.15) is 0 Å². The molecule has 0 atom stereocenters. The van der Waals surface area contributed by atoms with Crippen LogP contribution in [0.4, 0.5) is 0 Å². The Morgan fingerprint density at radius 1 is 0.724 bits per heavy atom. The van der Waals surface area contributed by atoms with Gasteiger partial charge >= 0.3 is 0 Å². The molecule has 0 saturated heterocycles. The van der Waals surface area contributed by atoms with Gasteiger partial charge in [-0.15, -0.1) is 0 Å². The molecule has 6 nitrogen and oxygen atoms in total. The highest BCUT2D eigenvalue weighted by atomic mass is 16.5. The van der Waals surface area contributed by atoms with E-state index in [-0.39, 0.29) is 5.78 Å². The molecule has 0 spiro atoms. The third-order valence-corrected chi connectivity index (χ3v) is 4.55. The molecule has 0 aromatic heterocycles. The SMILES string of the molecule is CC.COc1cc2c(cc1OC)C(=O)/C(=C/c1cc(OC)c(OC)c(OC)c1)C2. The summed E-state index contributed by atoms with van der Waals surface area (Å²) in [5.41, 5.74) is 3.01. The van der Waals surface area contributed by atoms with Crippen molar-refractivity contribution >= 4 is 11.9 Å². The van der Waals surface area contributed by atoms with Crippen molar-refractivity contribution in [3.05, 3.63) is 46.5 Å². The third-order valence-electron chi connectivity index (χ3n) is 4.55. The Balaban J connectivity index is 0.00000145. The van der Waals surface area contributed by atoms with Crippen LogP contribution in [-0.4, -0.2) is 41.3 Å². The van der Waals surface area contributed by atoms with Crippen LogP contribution in [-0.2, 0) is 6.42 Å². The Hall–Kier alpha value is -3.15. The van der Waals surface area contributed by atoms with Crippen molar-refractivity contribution < 1.29 is 28.5 Å². The van der Waals surface area contributed by atoms with Crippen LogP contribution in [0.2, 0.25) is 0 Å². The number of methoxy groups -OCH3 is 5. The number of hydrogen-bond acceptors (Lipinski definition) is 6. The molecule has 0 bridgehead atoms. The topological polar surface area (TPSA) is 63.2 Å². The van der Waals surface area contributed by atoms with Gasteiger partial charge in [0.05, 0.1) is 35.5 Å². The zero-order chi connectivity index (χ0) is 21.6. The molecule has 0 aliphatic heterocycles. The molecule has 0 N–H and O–H groups in total. The molecular weight excluding hydrogens is 372 g/mol. The third kappa shape index (κ3) is 4.31. The maximum atomic E-state index is 12.8. The fourth-order valence-corrected chi connectivity index (χ4v) is 3.24. The first kappa shape index (κ1) is 22.1. The van der Waals surface area contributed by atoms with Crippen LogP contribution in [0.15, 0.2) is 29.8 Å². The van der Waals surface area contributed by atoms with E-state index in [2.05, 4.69) is 0 Å². The summed E-state index contributed by atoms with van der Waals surface area (Å²) < 4.78 is 26.7. The van der Waals surface area contributed by atoms with E-state index in [0.717, 1.165) is 11.1 Å². The van der Waals surface area contributed by atoms with Crippen LogP contribution in [0.25, 0.3) is 6.08 Å². The van der Waals surface area contributed by atoms with Gasteiger partial charge in [-0.25, -0.2) is 0 Å². The first-order valence-corrected chi connectivity index (χ1v) is 9.36. The van der Waals surface area contributed by atoms with Gasteiger partial charge in [-0.05, 0) is 41.5 Å². The highest BCUT2D eigenvalue weighted by Gasteiger charge is 2.27. The standard InChI is InChI=1S/C21H22O6.C2H6/c1-23-16-10-13-9-14(20(22)15(13)11-17(16)24-2)6-12-7-18(25-3)21(27-5)19(8-12)26-4;1-2/h6-8,10-11H,9H2,1-5H3;1-2H3/b14-6+;. The van der Waals surface area contributed by atoms with Crippen LogP contribution in [0, 0.1) is 0 Å². The summed E-state index contributed by atoms with van der Waals surface area (Å²) in [6, 6.07) is 7.20. The van der Waals surface area contributed by atoms with Gasteiger partial charge in [-0.1, -0.05) is 13.8 Å².